The highest BCUT2D eigenvalue weighted by atomic mass is 127. The third kappa shape index (κ3) is 4.24. The third-order valence-electron chi connectivity index (χ3n) is 2.85. The van der Waals surface area contributed by atoms with Gasteiger partial charge >= 0.3 is 0 Å². The Hall–Kier alpha value is -1.02. The molecule has 0 amide bonds. The average Bonchev–Trinajstić information content (AvgIpc) is 2.81. The van der Waals surface area contributed by atoms with Crippen LogP contribution in [0.3, 0.4) is 0 Å². The smallest absolute Gasteiger partial charge is 0.176 e. The normalized spacial score (nSPS) is 12.6. The monoisotopic (exact) mass is 371 g/mol. The van der Waals surface area contributed by atoms with Crippen LogP contribution in [0.2, 0.25) is 0 Å². The van der Waals surface area contributed by atoms with Gasteiger partial charge in [-0.1, -0.05) is 19.1 Å². The molecule has 0 fully saturated rings. The highest BCUT2D eigenvalue weighted by Gasteiger charge is 2.14. The van der Waals surface area contributed by atoms with Gasteiger partial charge in [0.05, 0.1) is 7.05 Å². The Kier molecular flexibility index (Phi) is 5.26. The van der Waals surface area contributed by atoms with E-state index in [9.17, 15) is 0 Å². The Balaban J connectivity index is 2.13. The van der Waals surface area contributed by atoms with E-state index in [4.69, 9.17) is 0 Å². The summed E-state index contributed by atoms with van der Waals surface area (Å²) >= 11 is 2.32. The van der Waals surface area contributed by atoms with Crippen molar-refractivity contribution in [2.45, 2.75) is 25.8 Å². The largest absolute Gasteiger partial charge is 0.310 e. The van der Waals surface area contributed by atoms with Crippen LogP contribution in [-0.2, 0) is 13.5 Å². The number of hydrogen-bond acceptors (Lipinski definition) is 4. The first-order chi connectivity index (χ1) is 9.19. The summed E-state index contributed by atoms with van der Waals surface area (Å²) in [5.41, 5.74) is 1.27. The number of nitrogens with zero attached hydrogens (tertiary/aromatic N) is 4. The fourth-order valence-electron chi connectivity index (χ4n) is 1.91. The predicted octanol–water partition coefficient (Wildman–Crippen LogP) is 2.10. The number of benzene rings is 1. The molecule has 0 saturated carbocycles. The van der Waals surface area contributed by atoms with Gasteiger partial charge in [0.15, 0.2) is 5.82 Å². The number of halogens is 1. The van der Waals surface area contributed by atoms with Gasteiger partial charge in [-0.05, 0) is 58.5 Å². The van der Waals surface area contributed by atoms with Crippen molar-refractivity contribution in [3.63, 3.8) is 0 Å². The number of aryl methyl sites for hydroxylation is 1. The summed E-state index contributed by atoms with van der Waals surface area (Å²) < 4.78 is 1.24. The van der Waals surface area contributed by atoms with Crippen LogP contribution in [-0.4, -0.2) is 26.8 Å². The van der Waals surface area contributed by atoms with Crippen molar-refractivity contribution in [1.82, 2.24) is 25.5 Å². The Morgan fingerprint density at radius 3 is 2.63 bits per heavy atom. The van der Waals surface area contributed by atoms with Crippen LogP contribution in [0.15, 0.2) is 24.3 Å². The molecule has 1 atom stereocenters. The molecule has 1 N–H and O–H groups in total. The SMILES string of the molecule is CCCNC(Cc1nnn(C)n1)c1ccc(I)cc1. The first-order valence-corrected chi connectivity index (χ1v) is 7.48. The maximum Gasteiger partial charge on any atom is 0.176 e. The molecule has 1 heterocycles. The molecule has 0 bridgehead atoms. The summed E-state index contributed by atoms with van der Waals surface area (Å²) in [5.74, 6) is 0.773. The van der Waals surface area contributed by atoms with Crippen LogP contribution in [0, 0.1) is 3.57 Å². The lowest BCUT2D eigenvalue weighted by Gasteiger charge is -2.17. The van der Waals surface area contributed by atoms with Crippen molar-refractivity contribution < 1.29 is 0 Å². The van der Waals surface area contributed by atoms with E-state index in [0.717, 1.165) is 25.2 Å². The van der Waals surface area contributed by atoms with Gasteiger partial charge in [0.1, 0.15) is 0 Å². The summed E-state index contributed by atoms with van der Waals surface area (Å²) in [5, 5.41) is 15.7. The number of aromatic nitrogens is 4. The Labute approximate surface area is 126 Å². The molecule has 19 heavy (non-hydrogen) atoms. The fraction of sp³-hybridized carbons (Fsp3) is 0.462. The average molecular weight is 371 g/mol. The lowest BCUT2D eigenvalue weighted by molar-refractivity contribution is 0.517. The van der Waals surface area contributed by atoms with E-state index in [1.54, 1.807) is 7.05 Å². The molecule has 5 nitrogen and oxygen atoms in total. The van der Waals surface area contributed by atoms with E-state index >= 15 is 0 Å². The molecule has 0 spiro atoms. The molecule has 6 heteroatoms. The molecule has 1 aromatic heterocycles. The van der Waals surface area contributed by atoms with Crippen molar-refractivity contribution in [1.29, 1.82) is 0 Å². The summed E-state index contributed by atoms with van der Waals surface area (Å²) in [6.07, 6.45) is 1.86. The molecule has 1 aromatic carbocycles. The number of hydrogen-bond donors (Lipinski definition) is 1. The standard InChI is InChI=1S/C13H18IN5/c1-3-8-15-12(9-13-16-18-19(2)17-13)10-4-6-11(14)7-5-10/h4-7,12,15H,3,8-9H2,1-2H3. The molecule has 2 rings (SSSR count). The van der Waals surface area contributed by atoms with Gasteiger partial charge in [0.2, 0.25) is 0 Å². The van der Waals surface area contributed by atoms with E-state index in [0.29, 0.717) is 0 Å². The second-order valence-electron chi connectivity index (χ2n) is 4.46. The molecule has 102 valence electrons. The highest BCUT2D eigenvalue weighted by Crippen LogP contribution is 2.18. The van der Waals surface area contributed by atoms with Crippen molar-refractivity contribution in [3.05, 3.63) is 39.2 Å². The second-order valence-corrected chi connectivity index (χ2v) is 5.70. The van der Waals surface area contributed by atoms with Crippen LogP contribution in [0.5, 0.6) is 0 Å². The van der Waals surface area contributed by atoms with E-state index in [-0.39, 0.29) is 6.04 Å². The Morgan fingerprint density at radius 1 is 1.32 bits per heavy atom. The van der Waals surface area contributed by atoms with Gasteiger partial charge in [-0.15, -0.1) is 10.2 Å². The quantitative estimate of drug-likeness (QED) is 0.791. The molecular weight excluding hydrogens is 353 g/mol. The van der Waals surface area contributed by atoms with Gasteiger partial charge in [-0.25, -0.2) is 0 Å². The fourth-order valence-corrected chi connectivity index (χ4v) is 2.27. The minimum atomic E-state index is 0.237. The lowest BCUT2D eigenvalue weighted by Crippen LogP contribution is -2.24. The van der Waals surface area contributed by atoms with Crippen molar-refractivity contribution >= 4 is 22.6 Å². The van der Waals surface area contributed by atoms with Gasteiger partial charge in [-0.2, -0.15) is 4.80 Å². The third-order valence-corrected chi connectivity index (χ3v) is 3.57. The Bertz CT molecular complexity index is 508. The van der Waals surface area contributed by atoms with E-state index in [2.05, 4.69) is 74.5 Å². The minimum absolute atomic E-state index is 0.237. The van der Waals surface area contributed by atoms with Crippen LogP contribution in [0.25, 0.3) is 0 Å². The van der Waals surface area contributed by atoms with Crippen LogP contribution in [0.4, 0.5) is 0 Å². The molecule has 0 saturated heterocycles. The summed E-state index contributed by atoms with van der Waals surface area (Å²) in [6.45, 7) is 3.15. The maximum atomic E-state index is 4.25. The Morgan fingerprint density at radius 2 is 2.05 bits per heavy atom. The number of tetrazole rings is 1. The molecule has 2 aromatic rings. The molecule has 0 aliphatic carbocycles. The van der Waals surface area contributed by atoms with Crippen molar-refractivity contribution in [2.75, 3.05) is 6.54 Å². The van der Waals surface area contributed by atoms with Crippen molar-refractivity contribution in [3.8, 4) is 0 Å². The van der Waals surface area contributed by atoms with Gasteiger partial charge < -0.3 is 5.32 Å². The second kappa shape index (κ2) is 6.95. The molecule has 0 aliphatic rings. The first kappa shape index (κ1) is 14.4. The van der Waals surface area contributed by atoms with Gasteiger partial charge in [0, 0.05) is 16.0 Å². The summed E-state index contributed by atoms with van der Waals surface area (Å²) in [4.78, 5) is 1.50. The summed E-state index contributed by atoms with van der Waals surface area (Å²) in [6, 6.07) is 8.80. The molecule has 0 radical (unpaired) electrons. The van der Waals surface area contributed by atoms with Crippen LogP contribution in [0.1, 0.15) is 30.8 Å². The van der Waals surface area contributed by atoms with E-state index < -0.39 is 0 Å². The zero-order valence-corrected chi connectivity index (χ0v) is 13.3. The first-order valence-electron chi connectivity index (χ1n) is 6.40. The summed E-state index contributed by atoms with van der Waals surface area (Å²) in [7, 11) is 1.79. The minimum Gasteiger partial charge on any atom is -0.310 e. The molecule has 0 aliphatic heterocycles. The zero-order chi connectivity index (χ0) is 13.7. The van der Waals surface area contributed by atoms with E-state index in [1.807, 2.05) is 0 Å². The maximum absolute atomic E-state index is 4.25. The lowest BCUT2D eigenvalue weighted by atomic mass is 10.0. The van der Waals surface area contributed by atoms with Gasteiger partial charge in [-0.3, -0.25) is 0 Å². The molecule has 1 unspecified atom stereocenters. The predicted molar refractivity (Wildman–Crippen MR) is 82.7 cm³/mol. The van der Waals surface area contributed by atoms with Crippen LogP contribution >= 0.6 is 22.6 Å². The topological polar surface area (TPSA) is 55.6 Å². The van der Waals surface area contributed by atoms with Gasteiger partial charge in [0.25, 0.3) is 0 Å². The van der Waals surface area contributed by atoms with E-state index in [1.165, 1.54) is 13.9 Å². The number of rotatable bonds is 6. The van der Waals surface area contributed by atoms with Crippen LogP contribution < -0.4 is 5.32 Å². The zero-order valence-electron chi connectivity index (χ0n) is 11.2. The molecular formula is C13H18IN5. The number of nitrogens with one attached hydrogen (secondary N) is 1. The highest BCUT2D eigenvalue weighted by molar-refractivity contribution is 14.1. The van der Waals surface area contributed by atoms with Crippen molar-refractivity contribution in [2.24, 2.45) is 7.05 Å².